The zero-order chi connectivity index (χ0) is 40.1. The summed E-state index contributed by atoms with van der Waals surface area (Å²) in [5.74, 6) is -1.05. The maximum atomic E-state index is 16.0. The Morgan fingerprint density at radius 2 is 1.76 bits per heavy atom. The number of hydrogen-bond donors (Lipinski definition) is 5. The number of carbonyl (C=O) groups is 4. The Kier molecular flexibility index (Phi) is 9.89. The molecule has 1 aliphatic carbocycles. The highest BCUT2D eigenvalue weighted by molar-refractivity contribution is 7.07. The maximum Gasteiger partial charge on any atom is 0.257 e. The van der Waals surface area contributed by atoms with Gasteiger partial charge in [0.15, 0.2) is 0 Å². The molecule has 0 unspecified atom stereocenters. The molecule has 3 aliphatic heterocycles. The minimum absolute atomic E-state index is 0.0845. The van der Waals surface area contributed by atoms with Gasteiger partial charge < -0.3 is 26.6 Å². The number of nitrogens with one attached hydrogen (secondary N) is 4. The molecule has 0 radical (unpaired) electrons. The van der Waals surface area contributed by atoms with E-state index in [9.17, 15) is 19.2 Å². The van der Waals surface area contributed by atoms with Crippen molar-refractivity contribution in [2.75, 3.05) is 47.0 Å². The van der Waals surface area contributed by atoms with E-state index in [0.717, 1.165) is 61.6 Å². The molecule has 1 saturated carbocycles. The zero-order valence-corrected chi connectivity index (χ0v) is 32.7. The number of benzene rings is 3. The van der Waals surface area contributed by atoms with E-state index in [0.29, 0.717) is 49.4 Å². The lowest BCUT2D eigenvalue weighted by molar-refractivity contribution is -0.133. The minimum atomic E-state index is -0.737. The third-order valence-electron chi connectivity index (χ3n) is 12.0. The molecule has 1 atom stereocenters. The zero-order valence-electron chi connectivity index (χ0n) is 31.9. The molecular weight excluding hydrogens is 760 g/mol. The Labute approximate surface area is 338 Å². The molecule has 298 valence electrons. The van der Waals surface area contributed by atoms with Crippen LogP contribution in [0, 0.1) is 12.7 Å². The van der Waals surface area contributed by atoms with E-state index in [1.807, 2.05) is 18.2 Å². The van der Waals surface area contributed by atoms with Crippen molar-refractivity contribution in [1.82, 2.24) is 25.0 Å². The van der Waals surface area contributed by atoms with E-state index >= 15 is 4.39 Å². The van der Waals surface area contributed by atoms with E-state index in [-0.39, 0.29) is 45.8 Å². The van der Waals surface area contributed by atoms with E-state index in [1.54, 1.807) is 15.6 Å². The maximum absolute atomic E-state index is 16.0. The van der Waals surface area contributed by atoms with Gasteiger partial charge in [-0.05, 0) is 97.7 Å². The number of piperidine rings is 1. The highest BCUT2D eigenvalue weighted by Gasteiger charge is 2.36. The van der Waals surface area contributed by atoms with Gasteiger partial charge in [-0.1, -0.05) is 12.1 Å². The highest BCUT2D eigenvalue weighted by Crippen LogP contribution is 2.41. The van der Waals surface area contributed by atoms with E-state index in [4.69, 9.17) is 10.8 Å². The number of amides is 4. The van der Waals surface area contributed by atoms with Crippen LogP contribution < -0.4 is 31.9 Å². The summed E-state index contributed by atoms with van der Waals surface area (Å²) in [5, 5.41) is 18.1. The SMILES string of the molecule is Cc1c(C(=O)Nc2cscn2)ccc(-c2nn3c(c2C(N)=O)Nc2ccc(N4CCN(C5CC(c6ccc(N[C@H]7CCC(=O)NC7=O)cc6)C5)CC4)cc2CC3)c1F. The average Bonchev–Trinajstić information content (AvgIpc) is 3.80. The molecule has 0 spiro atoms. The number of primary amides is 1. The van der Waals surface area contributed by atoms with Crippen LogP contribution in [0.25, 0.3) is 11.3 Å². The van der Waals surface area contributed by atoms with Gasteiger partial charge in [-0.15, -0.1) is 11.3 Å². The molecule has 58 heavy (non-hydrogen) atoms. The molecule has 0 bridgehead atoms. The molecule has 4 amide bonds. The number of halogens is 1. The average molecular weight is 803 g/mol. The second kappa shape index (κ2) is 15.3. The Bertz CT molecular complexity index is 2420. The molecule has 2 aromatic heterocycles. The van der Waals surface area contributed by atoms with Crippen LogP contribution in [-0.2, 0) is 22.6 Å². The molecule has 16 heteroatoms. The van der Waals surface area contributed by atoms with Crippen LogP contribution in [0.1, 0.15) is 69.0 Å². The molecule has 4 aliphatic rings. The van der Waals surface area contributed by atoms with Crippen LogP contribution in [0.5, 0.6) is 0 Å². The first-order valence-corrected chi connectivity index (χ1v) is 20.5. The van der Waals surface area contributed by atoms with Crippen LogP contribution in [0.15, 0.2) is 65.5 Å². The number of fused-ring (bicyclic) bond motifs is 2. The van der Waals surface area contributed by atoms with Crippen LogP contribution in [0.2, 0.25) is 0 Å². The summed E-state index contributed by atoms with van der Waals surface area (Å²) >= 11 is 1.34. The van der Waals surface area contributed by atoms with Gasteiger partial charge in [0.1, 0.15) is 34.8 Å². The molecular formula is C42H43FN10O4S. The van der Waals surface area contributed by atoms with Crippen molar-refractivity contribution in [2.45, 2.75) is 63.6 Å². The standard InChI is InChI=1S/C42H43FN10O4S/c1-23-30(41(56)48-34-21-58-22-45-34)7-8-31(37(23)43)38-36(39(44)55)40-47-32-9-6-28(18-25(32)12-13-53(40)50-38)51-14-16-52(17-15-51)29-19-26(20-29)24-2-4-27(5-3-24)46-33-10-11-35(54)49-42(33)57/h2-9,18,21-22,26,29,33,46-47H,10-17,19-20H2,1H3,(H2,44,55)(H,48,56)(H,49,54,57)/t26?,29?,33-/m0/s1. The number of carbonyl (C=O) groups excluding carboxylic acids is 4. The normalized spacial score (nSPS) is 20.5. The number of thiazole rings is 1. The second-order valence-corrected chi connectivity index (χ2v) is 16.1. The molecule has 5 aromatic rings. The quantitative estimate of drug-likeness (QED) is 0.121. The molecule has 3 aromatic carbocycles. The monoisotopic (exact) mass is 802 g/mol. The van der Waals surface area contributed by atoms with Gasteiger partial charge in [0.2, 0.25) is 11.8 Å². The fraction of sp³-hybridized carbons (Fsp3) is 0.333. The number of piperazine rings is 1. The first kappa shape index (κ1) is 37.4. The number of nitrogens with zero attached hydrogens (tertiary/aromatic N) is 5. The predicted octanol–water partition coefficient (Wildman–Crippen LogP) is 5.39. The second-order valence-electron chi connectivity index (χ2n) is 15.4. The Morgan fingerprint density at radius 3 is 2.48 bits per heavy atom. The van der Waals surface area contributed by atoms with Gasteiger partial charge in [-0.2, -0.15) is 5.10 Å². The summed E-state index contributed by atoms with van der Waals surface area (Å²) in [5.41, 5.74) is 13.3. The fourth-order valence-electron chi connectivity index (χ4n) is 8.59. The van der Waals surface area contributed by atoms with Crippen molar-refractivity contribution in [3.8, 4) is 11.3 Å². The van der Waals surface area contributed by atoms with E-state index in [2.05, 4.69) is 60.3 Å². The van der Waals surface area contributed by atoms with Crippen LogP contribution >= 0.6 is 11.3 Å². The summed E-state index contributed by atoms with van der Waals surface area (Å²) in [4.78, 5) is 58.5. The smallest absolute Gasteiger partial charge is 0.257 e. The predicted molar refractivity (Wildman–Crippen MR) is 220 cm³/mol. The number of anilines is 5. The molecule has 2 saturated heterocycles. The number of nitrogens with two attached hydrogens (primary N) is 1. The van der Waals surface area contributed by atoms with Gasteiger partial charge in [-0.3, -0.25) is 29.4 Å². The largest absolute Gasteiger partial charge is 0.374 e. The summed E-state index contributed by atoms with van der Waals surface area (Å²) in [7, 11) is 0. The van der Waals surface area contributed by atoms with E-state index < -0.39 is 17.6 Å². The molecule has 3 fully saturated rings. The number of rotatable bonds is 9. The number of aryl methyl sites for hydroxylation is 2. The highest BCUT2D eigenvalue weighted by atomic mass is 32.1. The topological polar surface area (TPSA) is 180 Å². The van der Waals surface area contributed by atoms with E-state index in [1.165, 1.54) is 36.0 Å². The molecule has 9 rings (SSSR count). The van der Waals surface area contributed by atoms with Crippen LogP contribution in [0.4, 0.5) is 33.1 Å². The van der Waals surface area contributed by atoms with Crippen molar-refractivity contribution < 1.29 is 23.6 Å². The fourth-order valence-corrected chi connectivity index (χ4v) is 9.08. The van der Waals surface area contributed by atoms with Gasteiger partial charge >= 0.3 is 0 Å². The van der Waals surface area contributed by atoms with Crippen molar-refractivity contribution in [2.24, 2.45) is 5.73 Å². The summed E-state index contributed by atoms with van der Waals surface area (Å²) in [6.07, 6.45) is 3.73. The Balaban J connectivity index is 0.819. The summed E-state index contributed by atoms with van der Waals surface area (Å²) < 4.78 is 17.6. The molecule has 5 heterocycles. The lowest BCUT2D eigenvalue weighted by Crippen LogP contribution is -2.53. The van der Waals surface area contributed by atoms with Gasteiger partial charge in [0, 0.05) is 78.8 Å². The third kappa shape index (κ3) is 7.17. The van der Waals surface area contributed by atoms with Crippen LogP contribution in [0.3, 0.4) is 0 Å². The number of aromatic nitrogens is 3. The number of imide groups is 1. The summed E-state index contributed by atoms with van der Waals surface area (Å²) in [6, 6.07) is 17.8. The van der Waals surface area contributed by atoms with Gasteiger partial charge in [0.05, 0.1) is 5.51 Å². The van der Waals surface area contributed by atoms with Gasteiger partial charge in [0.25, 0.3) is 11.8 Å². The molecule has 14 nitrogen and oxygen atoms in total. The Hall–Kier alpha value is -6.13. The first-order chi connectivity index (χ1) is 28.1. The third-order valence-corrected chi connectivity index (χ3v) is 12.6. The summed E-state index contributed by atoms with van der Waals surface area (Å²) in [6.45, 7) is 5.76. The number of hydrogen-bond acceptors (Lipinski definition) is 11. The van der Waals surface area contributed by atoms with Gasteiger partial charge in [-0.25, -0.2) is 14.1 Å². The lowest BCUT2D eigenvalue weighted by atomic mass is 9.75. The minimum Gasteiger partial charge on any atom is -0.374 e. The lowest BCUT2D eigenvalue weighted by Gasteiger charge is -2.47. The van der Waals surface area contributed by atoms with Crippen molar-refractivity contribution in [3.05, 3.63) is 99.1 Å². The van der Waals surface area contributed by atoms with Crippen LogP contribution in [-0.4, -0.2) is 81.6 Å². The first-order valence-electron chi connectivity index (χ1n) is 19.6. The van der Waals surface area contributed by atoms with Crippen molar-refractivity contribution in [1.29, 1.82) is 0 Å². The Morgan fingerprint density at radius 1 is 0.966 bits per heavy atom. The molecule has 6 N–H and O–H groups in total. The van der Waals surface area contributed by atoms with Crippen molar-refractivity contribution in [3.63, 3.8) is 0 Å². The van der Waals surface area contributed by atoms with Crippen molar-refractivity contribution >= 4 is 63.7 Å².